The summed E-state index contributed by atoms with van der Waals surface area (Å²) >= 11 is 3.13. The fourth-order valence-electron chi connectivity index (χ4n) is 1.68. The third-order valence-corrected chi connectivity index (χ3v) is 4.08. The number of carbonyl (C=O) groups excluding carboxylic acids is 1. The molecule has 0 saturated heterocycles. The number of carbonyl (C=O) groups is 1. The molecule has 5 nitrogen and oxygen atoms in total. The second kappa shape index (κ2) is 5.92. The van der Waals surface area contributed by atoms with Crippen LogP contribution in [0.3, 0.4) is 0 Å². The Kier molecular flexibility index (Phi) is 4.40. The molecular weight excluding hydrogens is 363 g/mol. The van der Waals surface area contributed by atoms with Crippen molar-refractivity contribution in [1.82, 2.24) is 0 Å². The lowest BCUT2D eigenvalue weighted by molar-refractivity contribution is 0.102. The van der Waals surface area contributed by atoms with Gasteiger partial charge in [-0.2, -0.15) is 0 Å². The van der Waals surface area contributed by atoms with Crippen molar-refractivity contribution < 1.29 is 17.6 Å². The lowest BCUT2D eigenvalue weighted by atomic mass is 10.2. The Balaban J connectivity index is 2.39. The van der Waals surface area contributed by atoms with Crippen LogP contribution in [0.25, 0.3) is 0 Å². The molecule has 2 aromatic rings. The standard InChI is InChI=1S/C13H10BrFN2O3S/c14-8-5-6-10(15)9(7-8)13(18)17-11-3-1-2-4-12(11)21(16,19)20/h1-7H,(H,17,18)(H2,16,19,20). The van der Waals surface area contributed by atoms with Gasteiger partial charge >= 0.3 is 0 Å². The first kappa shape index (κ1) is 15.6. The van der Waals surface area contributed by atoms with Crippen molar-refractivity contribution in [3.8, 4) is 0 Å². The van der Waals surface area contributed by atoms with Crippen molar-refractivity contribution >= 4 is 37.5 Å². The molecule has 0 heterocycles. The Morgan fingerprint density at radius 1 is 1.19 bits per heavy atom. The molecule has 0 atom stereocenters. The van der Waals surface area contributed by atoms with Crippen LogP contribution < -0.4 is 10.5 Å². The molecule has 0 radical (unpaired) electrons. The third kappa shape index (κ3) is 3.66. The van der Waals surface area contributed by atoms with Gasteiger partial charge in [0.1, 0.15) is 10.7 Å². The lowest BCUT2D eigenvalue weighted by Crippen LogP contribution is -2.19. The van der Waals surface area contributed by atoms with E-state index in [1.807, 2.05) is 0 Å². The van der Waals surface area contributed by atoms with Crippen LogP contribution in [0.2, 0.25) is 0 Å². The van der Waals surface area contributed by atoms with Crippen molar-refractivity contribution in [3.63, 3.8) is 0 Å². The smallest absolute Gasteiger partial charge is 0.258 e. The van der Waals surface area contributed by atoms with Crippen molar-refractivity contribution in [2.75, 3.05) is 5.32 Å². The predicted molar refractivity (Wildman–Crippen MR) is 79.9 cm³/mol. The van der Waals surface area contributed by atoms with Crippen LogP contribution in [0.1, 0.15) is 10.4 Å². The monoisotopic (exact) mass is 372 g/mol. The number of benzene rings is 2. The quantitative estimate of drug-likeness (QED) is 0.866. The van der Waals surface area contributed by atoms with Crippen LogP contribution >= 0.6 is 15.9 Å². The Bertz CT molecular complexity index is 809. The number of nitrogens with two attached hydrogens (primary N) is 1. The van der Waals surface area contributed by atoms with Gasteiger partial charge in [-0.25, -0.2) is 17.9 Å². The fraction of sp³-hybridized carbons (Fsp3) is 0. The summed E-state index contributed by atoms with van der Waals surface area (Å²) in [4.78, 5) is 11.8. The highest BCUT2D eigenvalue weighted by Crippen LogP contribution is 2.22. The van der Waals surface area contributed by atoms with Gasteiger partial charge < -0.3 is 5.32 Å². The minimum absolute atomic E-state index is 0.00984. The minimum Gasteiger partial charge on any atom is -0.321 e. The number of sulfonamides is 1. The minimum atomic E-state index is -4.00. The van der Waals surface area contributed by atoms with E-state index in [0.717, 1.165) is 6.07 Å². The van der Waals surface area contributed by atoms with Crippen LogP contribution in [0.4, 0.5) is 10.1 Å². The molecule has 0 spiro atoms. The highest BCUT2D eigenvalue weighted by molar-refractivity contribution is 9.10. The normalized spacial score (nSPS) is 11.2. The summed E-state index contributed by atoms with van der Waals surface area (Å²) in [7, 11) is -4.00. The molecule has 0 aliphatic rings. The van der Waals surface area contributed by atoms with E-state index in [9.17, 15) is 17.6 Å². The summed E-state index contributed by atoms with van der Waals surface area (Å²) in [6.45, 7) is 0. The number of nitrogens with one attached hydrogen (secondary N) is 1. The number of primary sulfonamides is 1. The van der Waals surface area contributed by atoms with E-state index in [1.54, 1.807) is 0 Å². The van der Waals surface area contributed by atoms with E-state index >= 15 is 0 Å². The van der Waals surface area contributed by atoms with E-state index in [4.69, 9.17) is 5.14 Å². The molecule has 3 N–H and O–H groups in total. The van der Waals surface area contributed by atoms with Gasteiger partial charge in [-0.05, 0) is 30.3 Å². The summed E-state index contributed by atoms with van der Waals surface area (Å²) in [5.41, 5.74) is -0.224. The number of anilines is 1. The van der Waals surface area contributed by atoms with Crippen molar-refractivity contribution in [1.29, 1.82) is 0 Å². The molecule has 8 heteroatoms. The number of hydrogen-bond donors (Lipinski definition) is 2. The first-order valence-electron chi connectivity index (χ1n) is 5.67. The zero-order chi connectivity index (χ0) is 15.6. The predicted octanol–water partition coefficient (Wildman–Crippen LogP) is 2.49. The number of hydrogen-bond acceptors (Lipinski definition) is 3. The van der Waals surface area contributed by atoms with E-state index in [0.29, 0.717) is 4.47 Å². The molecule has 0 aliphatic carbocycles. The zero-order valence-corrected chi connectivity index (χ0v) is 12.9. The van der Waals surface area contributed by atoms with Crippen LogP contribution in [0.15, 0.2) is 51.8 Å². The van der Waals surface area contributed by atoms with Crippen molar-refractivity contribution in [2.24, 2.45) is 5.14 Å². The summed E-state index contributed by atoms with van der Waals surface area (Å²) in [6.07, 6.45) is 0. The highest BCUT2D eigenvalue weighted by Gasteiger charge is 2.17. The van der Waals surface area contributed by atoms with Gasteiger partial charge in [-0.3, -0.25) is 4.79 Å². The average Bonchev–Trinajstić information content (AvgIpc) is 2.41. The second-order valence-corrected chi connectivity index (χ2v) is 6.56. The van der Waals surface area contributed by atoms with Gasteiger partial charge in [-0.15, -0.1) is 0 Å². The van der Waals surface area contributed by atoms with Crippen molar-refractivity contribution in [2.45, 2.75) is 4.90 Å². The number of para-hydroxylation sites is 1. The Morgan fingerprint density at radius 3 is 2.52 bits per heavy atom. The van der Waals surface area contributed by atoms with E-state index in [-0.39, 0.29) is 16.1 Å². The molecule has 0 bridgehead atoms. The maximum Gasteiger partial charge on any atom is 0.258 e. The summed E-state index contributed by atoms with van der Waals surface area (Å²) in [6, 6.07) is 9.49. The molecule has 110 valence electrons. The third-order valence-electron chi connectivity index (χ3n) is 2.61. The number of rotatable bonds is 3. The molecule has 0 saturated carbocycles. The maximum absolute atomic E-state index is 13.6. The number of amides is 1. The topological polar surface area (TPSA) is 89.3 Å². The zero-order valence-electron chi connectivity index (χ0n) is 10.5. The van der Waals surface area contributed by atoms with Crippen LogP contribution in [-0.2, 0) is 10.0 Å². The molecule has 2 rings (SSSR count). The maximum atomic E-state index is 13.6. The molecular formula is C13H10BrFN2O3S. The van der Waals surface area contributed by atoms with Gasteiger partial charge in [0.15, 0.2) is 0 Å². The molecule has 0 aliphatic heterocycles. The fourth-order valence-corrected chi connectivity index (χ4v) is 2.73. The molecule has 0 fully saturated rings. The molecule has 1 amide bonds. The Hall–Kier alpha value is -1.77. The van der Waals surface area contributed by atoms with Gasteiger partial charge in [0.2, 0.25) is 10.0 Å². The lowest BCUT2D eigenvalue weighted by Gasteiger charge is -2.10. The first-order chi connectivity index (χ1) is 9.79. The van der Waals surface area contributed by atoms with Crippen LogP contribution in [0, 0.1) is 5.82 Å². The first-order valence-corrected chi connectivity index (χ1v) is 8.01. The van der Waals surface area contributed by atoms with E-state index < -0.39 is 21.7 Å². The Morgan fingerprint density at radius 2 is 1.86 bits per heavy atom. The molecule has 21 heavy (non-hydrogen) atoms. The Labute approximate surface area is 129 Å². The largest absolute Gasteiger partial charge is 0.321 e. The molecule has 0 unspecified atom stereocenters. The van der Waals surface area contributed by atoms with Crippen molar-refractivity contribution in [3.05, 3.63) is 58.3 Å². The van der Waals surface area contributed by atoms with Gasteiger partial charge in [0, 0.05) is 4.47 Å². The van der Waals surface area contributed by atoms with E-state index in [2.05, 4.69) is 21.2 Å². The number of halogens is 2. The molecule has 0 aromatic heterocycles. The highest BCUT2D eigenvalue weighted by atomic mass is 79.9. The van der Waals surface area contributed by atoms with Crippen LogP contribution in [0.5, 0.6) is 0 Å². The second-order valence-electron chi connectivity index (χ2n) is 4.12. The van der Waals surface area contributed by atoms with Gasteiger partial charge in [0.05, 0.1) is 11.3 Å². The van der Waals surface area contributed by atoms with Crippen LogP contribution in [-0.4, -0.2) is 14.3 Å². The van der Waals surface area contributed by atoms with Gasteiger partial charge in [0.25, 0.3) is 5.91 Å². The average molecular weight is 373 g/mol. The summed E-state index contributed by atoms with van der Waals surface area (Å²) in [5, 5.41) is 7.41. The summed E-state index contributed by atoms with van der Waals surface area (Å²) in [5.74, 6) is -1.49. The summed E-state index contributed by atoms with van der Waals surface area (Å²) < 4.78 is 37.0. The van der Waals surface area contributed by atoms with E-state index in [1.165, 1.54) is 36.4 Å². The SMILES string of the molecule is NS(=O)(=O)c1ccccc1NC(=O)c1cc(Br)ccc1F. The van der Waals surface area contributed by atoms with Gasteiger partial charge in [-0.1, -0.05) is 28.1 Å². The molecule has 2 aromatic carbocycles.